The zero-order chi connectivity index (χ0) is 15.8. The first-order chi connectivity index (χ1) is 11.2. The molecule has 0 saturated carbocycles. The molecule has 1 aliphatic heterocycles. The summed E-state index contributed by atoms with van der Waals surface area (Å²) in [6.07, 6.45) is 0.595. The lowest BCUT2D eigenvalue weighted by Gasteiger charge is -2.11. The van der Waals surface area contributed by atoms with Crippen LogP contribution >= 0.6 is 0 Å². The second kappa shape index (κ2) is 5.39. The molecule has 0 bridgehead atoms. The number of aromatic nitrogens is 4. The highest BCUT2D eigenvalue weighted by molar-refractivity contribution is 6.04. The molecule has 23 heavy (non-hydrogen) atoms. The second-order valence-electron chi connectivity index (χ2n) is 5.41. The molecular formula is C17H13FN4O. The van der Waals surface area contributed by atoms with Crippen molar-refractivity contribution in [2.45, 2.75) is 18.6 Å². The van der Waals surface area contributed by atoms with E-state index >= 15 is 0 Å². The van der Waals surface area contributed by atoms with Crippen LogP contribution in [0.5, 0.6) is 0 Å². The van der Waals surface area contributed by atoms with Crippen molar-refractivity contribution in [3.8, 4) is 0 Å². The standard InChI is InChI=1S/C17H13FN4O/c18-12-10-14(11-6-2-1-3-7-11)22-17(12)20-16(21-22)15(23)13-8-4-5-9-19-13/h1-9,12,14H,10H2/t12-,14-/m0/s1. The molecule has 0 aliphatic carbocycles. The molecule has 0 spiro atoms. The van der Waals surface area contributed by atoms with E-state index < -0.39 is 12.0 Å². The fourth-order valence-electron chi connectivity index (χ4n) is 2.84. The maximum Gasteiger partial charge on any atom is 0.250 e. The van der Waals surface area contributed by atoms with Gasteiger partial charge in [0, 0.05) is 12.6 Å². The summed E-state index contributed by atoms with van der Waals surface area (Å²) in [5.74, 6) is -0.202. The van der Waals surface area contributed by atoms with Gasteiger partial charge in [-0.1, -0.05) is 36.4 Å². The first-order valence-corrected chi connectivity index (χ1v) is 7.35. The minimum atomic E-state index is -1.22. The van der Waals surface area contributed by atoms with E-state index in [9.17, 15) is 9.18 Å². The van der Waals surface area contributed by atoms with Gasteiger partial charge < -0.3 is 0 Å². The largest absolute Gasteiger partial charge is 0.283 e. The Hall–Kier alpha value is -2.89. The maximum absolute atomic E-state index is 14.3. The van der Waals surface area contributed by atoms with Crippen molar-refractivity contribution in [2.24, 2.45) is 0 Å². The predicted molar refractivity (Wildman–Crippen MR) is 80.7 cm³/mol. The predicted octanol–water partition coefficient (Wildman–Crippen LogP) is 2.91. The summed E-state index contributed by atoms with van der Waals surface area (Å²) in [5, 5.41) is 4.25. The lowest BCUT2D eigenvalue weighted by molar-refractivity contribution is 0.102. The van der Waals surface area contributed by atoms with E-state index in [4.69, 9.17) is 0 Å². The highest BCUT2D eigenvalue weighted by Crippen LogP contribution is 2.39. The fourth-order valence-corrected chi connectivity index (χ4v) is 2.84. The van der Waals surface area contributed by atoms with Crippen LogP contribution in [0.2, 0.25) is 0 Å². The Bertz CT molecular complexity index is 848. The summed E-state index contributed by atoms with van der Waals surface area (Å²) in [4.78, 5) is 20.5. The molecule has 4 rings (SSSR count). The summed E-state index contributed by atoms with van der Waals surface area (Å²) >= 11 is 0. The second-order valence-corrected chi connectivity index (χ2v) is 5.41. The lowest BCUT2D eigenvalue weighted by atomic mass is 10.0. The molecule has 0 unspecified atom stereocenters. The summed E-state index contributed by atoms with van der Waals surface area (Å²) in [6, 6.07) is 14.4. The highest BCUT2D eigenvalue weighted by atomic mass is 19.1. The number of ketones is 1. The zero-order valence-electron chi connectivity index (χ0n) is 12.1. The summed E-state index contributed by atoms with van der Waals surface area (Å²) < 4.78 is 15.8. The summed E-state index contributed by atoms with van der Waals surface area (Å²) in [7, 11) is 0. The normalized spacial score (nSPS) is 19.5. The van der Waals surface area contributed by atoms with E-state index in [1.807, 2.05) is 30.3 Å². The number of alkyl halides is 1. The van der Waals surface area contributed by atoms with E-state index in [1.165, 1.54) is 10.9 Å². The molecule has 5 nitrogen and oxygen atoms in total. The molecule has 0 fully saturated rings. The van der Waals surface area contributed by atoms with Gasteiger partial charge in [-0.15, -0.1) is 5.10 Å². The van der Waals surface area contributed by atoms with Crippen LogP contribution < -0.4 is 0 Å². The van der Waals surface area contributed by atoms with Crippen molar-refractivity contribution < 1.29 is 9.18 Å². The van der Waals surface area contributed by atoms with Gasteiger partial charge in [0.2, 0.25) is 11.6 Å². The average Bonchev–Trinajstić information content (AvgIpc) is 3.17. The van der Waals surface area contributed by atoms with Gasteiger partial charge in [0.1, 0.15) is 5.69 Å². The molecule has 0 amide bonds. The highest BCUT2D eigenvalue weighted by Gasteiger charge is 2.36. The third-order valence-corrected chi connectivity index (χ3v) is 3.95. The van der Waals surface area contributed by atoms with E-state index in [0.717, 1.165) is 5.56 Å². The molecule has 2 atom stereocenters. The van der Waals surface area contributed by atoms with Crippen LogP contribution in [0.3, 0.4) is 0 Å². The number of benzene rings is 1. The monoisotopic (exact) mass is 308 g/mol. The van der Waals surface area contributed by atoms with Crippen molar-refractivity contribution in [2.75, 3.05) is 0 Å². The van der Waals surface area contributed by atoms with Crippen LogP contribution in [-0.2, 0) is 0 Å². The van der Waals surface area contributed by atoms with E-state index in [0.29, 0.717) is 0 Å². The van der Waals surface area contributed by atoms with E-state index in [1.54, 1.807) is 18.2 Å². The molecule has 0 saturated heterocycles. The third kappa shape index (κ3) is 2.32. The van der Waals surface area contributed by atoms with E-state index in [-0.39, 0.29) is 29.8 Å². The van der Waals surface area contributed by atoms with Crippen molar-refractivity contribution in [3.63, 3.8) is 0 Å². The number of halogens is 1. The van der Waals surface area contributed by atoms with Gasteiger partial charge in [0.05, 0.1) is 6.04 Å². The molecule has 114 valence electrons. The van der Waals surface area contributed by atoms with Crippen LogP contribution in [0, 0.1) is 0 Å². The van der Waals surface area contributed by atoms with Crippen molar-refractivity contribution >= 4 is 5.78 Å². The van der Waals surface area contributed by atoms with E-state index in [2.05, 4.69) is 15.1 Å². The van der Waals surface area contributed by atoms with Gasteiger partial charge in [-0.25, -0.2) is 14.1 Å². The van der Waals surface area contributed by atoms with Crippen LogP contribution in [-0.4, -0.2) is 25.5 Å². The van der Waals surface area contributed by atoms with Gasteiger partial charge in [-0.05, 0) is 17.7 Å². The number of rotatable bonds is 3. The van der Waals surface area contributed by atoms with Gasteiger partial charge in [0.25, 0.3) is 0 Å². The molecular weight excluding hydrogens is 295 g/mol. The first kappa shape index (κ1) is 13.8. The SMILES string of the molecule is O=C(c1ccccn1)c1nc2n(n1)[C@H](c1ccccc1)C[C@@H]2F. The Morgan fingerprint density at radius 3 is 2.65 bits per heavy atom. The van der Waals surface area contributed by atoms with Crippen LogP contribution in [0.4, 0.5) is 4.39 Å². The minimum Gasteiger partial charge on any atom is -0.283 e. The number of hydrogen-bond donors (Lipinski definition) is 0. The Balaban J connectivity index is 1.72. The third-order valence-electron chi connectivity index (χ3n) is 3.95. The molecule has 3 aromatic rings. The Morgan fingerprint density at radius 2 is 1.91 bits per heavy atom. The van der Waals surface area contributed by atoms with Crippen molar-refractivity contribution in [1.29, 1.82) is 0 Å². The van der Waals surface area contributed by atoms with Crippen molar-refractivity contribution in [3.05, 3.63) is 77.6 Å². The van der Waals surface area contributed by atoms with Crippen LogP contribution in [0.25, 0.3) is 0 Å². The molecule has 2 aromatic heterocycles. The number of hydrogen-bond acceptors (Lipinski definition) is 4. The summed E-state index contributed by atoms with van der Waals surface area (Å²) in [5.41, 5.74) is 1.21. The number of carbonyl (C=O) groups is 1. The topological polar surface area (TPSA) is 60.7 Å². The molecule has 1 aliphatic rings. The van der Waals surface area contributed by atoms with Crippen LogP contribution in [0.15, 0.2) is 54.7 Å². The lowest BCUT2D eigenvalue weighted by Crippen LogP contribution is -2.11. The minimum absolute atomic E-state index is 0.0121. The quantitative estimate of drug-likeness (QED) is 0.698. The number of carbonyl (C=O) groups excluding carboxylic acids is 1. The number of pyridine rings is 1. The number of nitrogens with zero attached hydrogens (tertiary/aromatic N) is 4. The maximum atomic E-state index is 14.3. The Kier molecular flexibility index (Phi) is 3.22. The Labute approximate surface area is 131 Å². The molecule has 0 radical (unpaired) electrons. The average molecular weight is 308 g/mol. The summed E-state index contributed by atoms with van der Waals surface area (Å²) in [6.45, 7) is 0. The molecule has 3 heterocycles. The fraction of sp³-hybridized carbons (Fsp3) is 0.176. The zero-order valence-corrected chi connectivity index (χ0v) is 12.1. The van der Waals surface area contributed by atoms with Gasteiger partial charge >= 0.3 is 0 Å². The van der Waals surface area contributed by atoms with Gasteiger partial charge in [0.15, 0.2) is 12.0 Å². The smallest absolute Gasteiger partial charge is 0.250 e. The number of fused-ring (bicyclic) bond motifs is 1. The Morgan fingerprint density at radius 1 is 1.13 bits per heavy atom. The molecule has 6 heteroatoms. The van der Waals surface area contributed by atoms with Crippen LogP contribution in [0.1, 0.15) is 46.3 Å². The molecule has 1 aromatic carbocycles. The van der Waals surface area contributed by atoms with Gasteiger partial charge in [-0.3, -0.25) is 9.78 Å². The molecule has 0 N–H and O–H groups in total. The van der Waals surface area contributed by atoms with Crippen molar-refractivity contribution in [1.82, 2.24) is 19.7 Å². The van der Waals surface area contributed by atoms with Gasteiger partial charge in [-0.2, -0.15) is 0 Å². The first-order valence-electron chi connectivity index (χ1n) is 7.35.